The van der Waals surface area contributed by atoms with Gasteiger partial charge >= 0.3 is 0 Å². The quantitative estimate of drug-likeness (QED) is 0.729. The fourth-order valence-electron chi connectivity index (χ4n) is 1.77. The van der Waals surface area contributed by atoms with E-state index in [1.807, 2.05) is 24.0 Å². The van der Waals surface area contributed by atoms with E-state index in [-0.39, 0.29) is 0 Å². The molecule has 0 saturated heterocycles. The van der Waals surface area contributed by atoms with Gasteiger partial charge in [-0.15, -0.1) is 11.8 Å². The van der Waals surface area contributed by atoms with Crippen LogP contribution >= 0.6 is 11.8 Å². The molecule has 3 rings (SSSR count). The van der Waals surface area contributed by atoms with Gasteiger partial charge in [0.05, 0.1) is 10.6 Å². The van der Waals surface area contributed by atoms with Gasteiger partial charge in [-0.25, -0.2) is 0 Å². The molecule has 0 saturated carbocycles. The van der Waals surface area contributed by atoms with Crippen molar-refractivity contribution in [3.8, 4) is 0 Å². The monoisotopic (exact) mass is 214 g/mol. The van der Waals surface area contributed by atoms with Crippen LogP contribution in [0.4, 0.5) is 0 Å². The summed E-state index contributed by atoms with van der Waals surface area (Å²) in [6.45, 7) is 0.934. The van der Waals surface area contributed by atoms with Gasteiger partial charge in [0, 0.05) is 29.4 Å². The molecule has 2 heterocycles. The van der Waals surface area contributed by atoms with E-state index in [2.05, 4.69) is 34.2 Å². The second-order valence-electron chi connectivity index (χ2n) is 3.42. The van der Waals surface area contributed by atoms with Gasteiger partial charge in [0.25, 0.3) is 0 Å². The zero-order chi connectivity index (χ0) is 10.1. The zero-order valence-corrected chi connectivity index (χ0v) is 9.00. The summed E-state index contributed by atoms with van der Waals surface area (Å²) in [7, 11) is 0. The summed E-state index contributed by atoms with van der Waals surface area (Å²) in [5, 5.41) is 2.32. The Hall–Kier alpha value is -1.35. The summed E-state index contributed by atoms with van der Waals surface area (Å²) in [5.74, 6) is 1.10. The van der Waals surface area contributed by atoms with E-state index in [1.165, 1.54) is 10.9 Å². The Balaban J connectivity index is 2.26. The second-order valence-corrected chi connectivity index (χ2v) is 4.50. The molecule has 0 radical (unpaired) electrons. The molecule has 1 aromatic carbocycles. The van der Waals surface area contributed by atoms with Crippen LogP contribution in [0.3, 0.4) is 0 Å². The first-order chi connectivity index (χ1) is 7.45. The highest BCUT2D eigenvalue weighted by atomic mass is 32.2. The maximum Gasteiger partial charge on any atom is 0.0999 e. The number of nitrogens with zero attached hydrogens (tertiary/aromatic N) is 2. The minimum absolute atomic E-state index is 0.934. The van der Waals surface area contributed by atoms with Crippen LogP contribution in [-0.4, -0.2) is 22.3 Å². The number of rotatable bonds is 1. The van der Waals surface area contributed by atoms with Crippen molar-refractivity contribution < 1.29 is 0 Å². The number of thioether (sulfide) groups is 1. The molecular formula is C12H10N2S. The van der Waals surface area contributed by atoms with Crippen molar-refractivity contribution >= 4 is 27.7 Å². The van der Waals surface area contributed by atoms with E-state index in [1.54, 1.807) is 0 Å². The molecule has 0 fully saturated rings. The van der Waals surface area contributed by atoms with Gasteiger partial charge in [0.2, 0.25) is 0 Å². The summed E-state index contributed by atoms with van der Waals surface area (Å²) in [6, 6.07) is 10.3. The van der Waals surface area contributed by atoms with Crippen molar-refractivity contribution in [1.29, 1.82) is 0 Å². The minimum Gasteiger partial charge on any atom is -0.277 e. The molecule has 1 aromatic heterocycles. The molecule has 2 aromatic rings. The number of para-hydroxylation sites is 1. The van der Waals surface area contributed by atoms with Gasteiger partial charge in [0.1, 0.15) is 0 Å². The third kappa shape index (κ3) is 1.53. The van der Waals surface area contributed by atoms with Crippen molar-refractivity contribution in [3.05, 3.63) is 42.1 Å². The first-order valence-electron chi connectivity index (χ1n) is 4.96. The summed E-state index contributed by atoms with van der Waals surface area (Å²) >= 11 is 1.82. The first kappa shape index (κ1) is 8.92. The lowest BCUT2D eigenvalue weighted by atomic mass is 10.1. The van der Waals surface area contributed by atoms with Crippen LogP contribution in [0.15, 0.2) is 41.5 Å². The maximum absolute atomic E-state index is 4.50. The molecule has 0 amide bonds. The van der Waals surface area contributed by atoms with Crippen molar-refractivity contribution in [1.82, 2.24) is 4.98 Å². The Morgan fingerprint density at radius 3 is 2.93 bits per heavy atom. The molecule has 0 bridgehead atoms. The molecule has 0 aliphatic carbocycles. The standard InChI is InChI=1S/C12H10N2S/c1-3-9-4-2-6-13-11(9)10(5-1)12-14-7-8-15-12/h1-6H,7-8H2. The normalized spacial score (nSPS) is 15.6. The number of fused-ring (bicyclic) bond motifs is 1. The number of benzene rings is 1. The number of hydrogen-bond donors (Lipinski definition) is 0. The highest BCUT2D eigenvalue weighted by molar-refractivity contribution is 8.14. The first-order valence-corrected chi connectivity index (χ1v) is 5.95. The highest BCUT2D eigenvalue weighted by Crippen LogP contribution is 2.24. The summed E-state index contributed by atoms with van der Waals surface area (Å²) in [5.41, 5.74) is 2.24. The van der Waals surface area contributed by atoms with Crippen molar-refractivity contribution in [3.63, 3.8) is 0 Å². The molecule has 3 heteroatoms. The van der Waals surface area contributed by atoms with E-state index in [0.717, 1.165) is 22.9 Å². The summed E-state index contributed by atoms with van der Waals surface area (Å²) < 4.78 is 0. The lowest BCUT2D eigenvalue weighted by Gasteiger charge is -2.03. The minimum atomic E-state index is 0.934. The molecule has 1 aliphatic heterocycles. The van der Waals surface area contributed by atoms with Crippen LogP contribution in [0, 0.1) is 0 Å². The summed E-state index contributed by atoms with van der Waals surface area (Å²) in [6.07, 6.45) is 1.84. The molecule has 0 spiro atoms. The second kappa shape index (κ2) is 3.66. The Morgan fingerprint density at radius 2 is 2.07 bits per heavy atom. The number of hydrogen-bond acceptors (Lipinski definition) is 3. The molecule has 2 nitrogen and oxygen atoms in total. The third-order valence-corrected chi connectivity index (χ3v) is 3.46. The van der Waals surface area contributed by atoms with E-state index in [0.29, 0.717) is 0 Å². The maximum atomic E-state index is 4.50. The number of pyridine rings is 1. The smallest absolute Gasteiger partial charge is 0.0999 e. The SMILES string of the molecule is c1cnc2c(C3=NCCS3)cccc2c1. The van der Waals surface area contributed by atoms with Gasteiger partial charge in [-0.05, 0) is 6.07 Å². The fourth-order valence-corrected chi connectivity index (χ4v) is 2.65. The molecule has 0 atom stereocenters. The molecular weight excluding hydrogens is 204 g/mol. The predicted molar refractivity (Wildman–Crippen MR) is 65.6 cm³/mol. The van der Waals surface area contributed by atoms with E-state index < -0.39 is 0 Å². The fraction of sp³-hybridized carbons (Fsp3) is 0.167. The van der Waals surface area contributed by atoms with Crippen molar-refractivity contribution in [2.75, 3.05) is 12.3 Å². The summed E-state index contributed by atoms with van der Waals surface area (Å²) in [4.78, 5) is 8.93. The number of aromatic nitrogens is 1. The predicted octanol–water partition coefficient (Wildman–Crippen LogP) is 2.73. The Morgan fingerprint density at radius 1 is 1.13 bits per heavy atom. The lowest BCUT2D eigenvalue weighted by Crippen LogP contribution is -1.94. The van der Waals surface area contributed by atoms with Gasteiger partial charge in [0.15, 0.2) is 0 Å². The van der Waals surface area contributed by atoms with Gasteiger partial charge in [-0.3, -0.25) is 9.98 Å². The van der Waals surface area contributed by atoms with Crippen LogP contribution in [0.5, 0.6) is 0 Å². The van der Waals surface area contributed by atoms with Crippen LogP contribution in [0.2, 0.25) is 0 Å². The third-order valence-electron chi connectivity index (χ3n) is 2.45. The largest absolute Gasteiger partial charge is 0.277 e. The van der Waals surface area contributed by atoms with E-state index in [9.17, 15) is 0 Å². The molecule has 74 valence electrons. The van der Waals surface area contributed by atoms with Crippen LogP contribution in [0.25, 0.3) is 10.9 Å². The Bertz CT molecular complexity index is 529. The van der Waals surface area contributed by atoms with E-state index in [4.69, 9.17) is 0 Å². The topological polar surface area (TPSA) is 25.2 Å². The van der Waals surface area contributed by atoms with Crippen molar-refractivity contribution in [2.45, 2.75) is 0 Å². The molecule has 15 heavy (non-hydrogen) atoms. The average Bonchev–Trinajstić information content (AvgIpc) is 2.82. The molecule has 1 aliphatic rings. The average molecular weight is 214 g/mol. The van der Waals surface area contributed by atoms with E-state index >= 15 is 0 Å². The Kier molecular flexibility index (Phi) is 2.18. The Labute approximate surface area is 92.4 Å². The van der Waals surface area contributed by atoms with Crippen LogP contribution in [0.1, 0.15) is 5.56 Å². The van der Waals surface area contributed by atoms with Gasteiger partial charge in [-0.2, -0.15) is 0 Å². The van der Waals surface area contributed by atoms with Crippen LogP contribution in [-0.2, 0) is 0 Å². The molecule has 0 unspecified atom stereocenters. The van der Waals surface area contributed by atoms with Gasteiger partial charge < -0.3 is 0 Å². The van der Waals surface area contributed by atoms with Crippen molar-refractivity contribution in [2.24, 2.45) is 4.99 Å². The highest BCUT2D eigenvalue weighted by Gasteiger charge is 2.12. The van der Waals surface area contributed by atoms with Crippen LogP contribution < -0.4 is 0 Å². The zero-order valence-electron chi connectivity index (χ0n) is 8.18. The molecule has 0 N–H and O–H groups in total. The number of aliphatic imine (C=N–C) groups is 1. The lowest BCUT2D eigenvalue weighted by molar-refractivity contribution is 1.17. The van der Waals surface area contributed by atoms with Gasteiger partial charge in [-0.1, -0.05) is 24.3 Å².